The lowest BCUT2D eigenvalue weighted by molar-refractivity contribution is 0.602. The van der Waals surface area contributed by atoms with Crippen molar-refractivity contribution in [1.82, 2.24) is 4.57 Å². The van der Waals surface area contributed by atoms with Gasteiger partial charge in [0.1, 0.15) is 0 Å². The van der Waals surface area contributed by atoms with Crippen LogP contribution < -0.4 is 0 Å². The van der Waals surface area contributed by atoms with Crippen LogP contribution >= 0.6 is 35.2 Å². The van der Waals surface area contributed by atoms with E-state index in [1.807, 2.05) is 34.2 Å². The summed E-state index contributed by atoms with van der Waals surface area (Å²) in [6.07, 6.45) is 1.20. The first-order valence-corrected chi connectivity index (χ1v) is 10.2. The van der Waals surface area contributed by atoms with Crippen molar-refractivity contribution in [3.63, 3.8) is 0 Å². The van der Waals surface area contributed by atoms with Crippen LogP contribution in [0.4, 0.5) is 0 Å². The molecule has 0 unspecified atom stereocenters. The molecule has 0 saturated carbocycles. The molecule has 0 atom stereocenters. The van der Waals surface area contributed by atoms with Crippen LogP contribution in [0, 0.1) is 3.95 Å². The maximum atomic E-state index is 11.6. The summed E-state index contributed by atoms with van der Waals surface area (Å²) in [6, 6.07) is 14.2. The number of halogens is 1. The third-order valence-electron chi connectivity index (χ3n) is 3.36. The van der Waals surface area contributed by atoms with Crippen molar-refractivity contribution in [3.8, 4) is 16.9 Å². The zero-order chi connectivity index (χ0) is 16.6. The maximum Gasteiger partial charge on any atom is 0.175 e. The number of benzene rings is 2. The lowest BCUT2D eigenvalue weighted by Crippen LogP contribution is -1.98. The summed E-state index contributed by atoms with van der Waals surface area (Å²) >= 11 is 12.8. The molecule has 0 aliphatic rings. The topological polar surface area (TPSA) is 39.1 Å². The maximum absolute atomic E-state index is 11.6. The minimum absolute atomic E-state index is 0.299. The van der Waals surface area contributed by atoms with E-state index in [-0.39, 0.29) is 0 Å². The van der Waals surface area contributed by atoms with Crippen molar-refractivity contribution in [3.05, 3.63) is 62.9 Å². The Bertz CT molecular complexity index is 1000. The van der Waals surface area contributed by atoms with E-state index < -0.39 is 9.84 Å². The molecule has 118 valence electrons. The molecule has 23 heavy (non-hydrogen) atoms. The third kappa shape index (κ3) is 3.40. The Morgan fingerprint density at radius 3 is 2.22 bits per heavy atom. The number of sulfone groups is 1. The number of hydrogen-bond acceptors (Lipinski definition) is 4. The van der Waals surface area contributed by atoms with Gasteiger partial charge in [-0.05, 0) is 54.2 Å². The van der Waals surface area contributed by atoms with Crippen molar-refractivity contribution < 1.29 is 8.42 Å². The summed E-state index contributed by atoms with van der Waals surface area (Å²) in [7, 11) is -3.20. The second-order valence-corrected chi connectivity index (χ2v) is 8.95. The van der Waals surface area contributed by atoms with E-state index in [1.54, 1.807) is 24.3 Å². The summed E-state index contributed by atoms with van der Waals surface area (Å²) < 4.78 is 25.8. The summed E-state index contributed by atoms with van der Waals surface area (Å²) in [5, 5.41) is 2.63. The fourth-order valence-electron chi connectivity index (χ4n) is 2.21. The highest BCUT2D eigenvalue weighted by atomic mass is 35.5. The Labute approximate surface area is 148 Å². The second-order valence-electron chi connectivity index (χ2n) is 5.00. The Morgan fingerprint density at radius 2 is 1.65 bits per heavy atom. The van der Waals surface area contributed by atoms with Gasteiger partial charge < -0.3 is 0 Å². The molecule has 0 bridgehead atoms. The average Bonchev–Trinajstić information content (AvgIpc) is 2.89. The lowest BCUT2D eigenvalue weighted by Gasteiger charge is -2.09. The van der Waals surface area contributed by atoms with Gasteiger partial charge in [-0.25, -0.2) is 8.42 Å². The van der Waals surface area contributed by atoms with Crippen molar-refractivity contribution in [2.45, 2.75) is 4.90 Å². The average molecular weight is 382 g/mol. The fourth-order valence-corrected chi connectivity index (χ4v) is 4.08. The van der Waals surface area contributed by atoms with Crippen LogP contribution in [0.5, 0.6) is 0 Å². The van der Waals surface area contributed by atoms with Gasteiger partial charge in [0.15, 0.2) is 13.8 Å². The molecule has 0 saturated heterocycles. The molecule has 2 aromatic carbocycles. The molecule has 1 heterocycles. The van der Waals surface area contributed by atoms with Gasteiger partial charge in [0.25, 0.3) is 0 Å². The van der Waals surface area contributed by atoms with Crippen molar-refractivity contribution >= 4 is 45.0 Å². The summed E-state index contributed by atoms with van der Waals surface area (Å²) in [4.78, 5) is 0.299. The Kier molecular flexibility index (Phi) is 4.42. The van der Waals surface area contributed by atoms with Crippen LogP contribution in [0.1, 0.15) is 0 Å². The first-order valence-electron chi connectivity index (χ1n) is 6.63. The highest BCUT2D eigenvalue weighted by Crippen LogP contribution is 2.29. The fraction of sp³-hybridized carbons (Fsp3) is 0.0625. The van der Waals surface area contributed by atoms with Gasteiger partial charge >= 0.3 is 0 Å². The highest BCUT2D eigenvalue weighted by molar-refractivity contribution is 7.90. The Morgan fingerprint density at radius 1 is 1.04 bits per heavy atom. The first-order chi connectivity index (χ1) is 10.9. The van der Waals surface area contributed by atoms with E-state index in [9.17, 15) is 8.42 Å². The van der Waals surface area contributed by atoms with Gasteiger partial charge in [-0.3, -0.25) is 4.57 Å². The smallest absolute Gasteiger partial charge is 0.175 e. The molecular formula is C16H12ClNO2S3. The van der Waals surface area contributed by atoms with Crippen LogP contribution in [0.15, 0.2) is 58.8 Å². The number of nitrogens with zero attached hydrogens (tertiary/aromatic N) is 1. The highest BCUT2D eigenvalue weighted by Gasteiger charge is 2.11. The zero-order valence-electron chi connectivity index (χ0n) is 12.1. The van der Waals surface area contributed by atoms with Gasteiger partial charge in [0, 0.05) is 22.3 Å². The predicted octanol–water partition coefficient (Wildman–Crippen LogP) is 4.99. The Balaban J connectivity index is 2.12. The first kappa shape index (κ1) is 16.4. The quantitative estimate of drug-likeness (QED) is 0.600. The minimum Gasteiger partial charge on any atom is -0.292 e. The largest absolute Gasteiger partial charge is 0.292 e. The molecule has 0 N–H and O–H groups in total. The predicted molar refractivity (Wildman–Crippen MR) is 98.0 cm³/mol. The second kappa shape index (κ2) is 6.20. The molecule has 0 amide bonds. The molecule has 3 nitrogen and oxygen atoms in total. The molecule has 3 rings (SSSR count). The Hall–Kier alpha value is -1.47. The zero-order valence-corrected chi connectivity index (χ0v) is 15.3. The minimum atomic E-state index is -3.20. The van der Waals surface area contributed by atoms with Crippen molar-refractivity contribution in [2.24, 2.45) is 0 Å². The van der Waals surface area contributed by atoms with Crippen LogP contribution in [-0.2, 0) is 9.84 Å². The van der Waals surface area contributed by atoms with E-state index in [4.69, 9.17) is 23.8 Å². The summed E-state index contributed by atoms with van der Waals surface area (Å²) in [5.41, 5.74) is 2.74. The molecule has 0 fully saturated rings. The van der Waals surface area contributed by atoms with Gasteiger partial charge in [-0.1, -0.05) is 23.7 Å². The SMILES string of the molecule is CS(=O)(=O)c1ccc(-c2csc(=S)n2-c2ccc(Cl)cc2)cc1. The molecule has 0 radical (unpaired) electrons. The molecule has 7 heteroatoms. The molecule has 0 aliphatic heterocycles. The van der Waals surface area contributed by atoms with E-state index in [0.29, 0.717) is 9.92 Å². The van der Waals surface area contributed by atoms with E-state index >= 15 is 0 Å². The van der Waals surface area contributed by atoms with E-state index in [1.165, 1.54) is 17.6 Å². The van der Waals surface area contributed by atoms with Gasteiger partial charge in [-0.2, -0.15) is 0 Å². The normalized spacial score (nSPS) is 11.6. The number of hydrogen-bond donors (Lipinski definition) is 0. The van der Waals surface area contributed by atoms with Crippen LogP contribution in [0.2, 0.25) is 5.02 Å². The number of rotatable bonds is 3. The lowest BCUT2D eigenvalue weighted by atomic mass is 10.1. The van der Waals surface area contributed by atoms with Crippen LogP contribution in [0.25, 0.3) is 16.9 Å². The standard InChI is InChI=1S/C16H12ClNO2S3/c1-23(19,20)14-8-2-11(3-9-14)15-10-22-16(21)18(15)13-6-4-12(17)5-7-13/h2-10H,1H3. The van der Waals surface area contributed by atoms with Gasteiger partial charge in [0.05, 0.1) is 10.6 Å². The number of thiazole rings is 1. The van der Waals surface area contributed by atoms with Crippen molar-refractivity contribution in [1.29, 1.82) is 0 Å². The number of aromatic nitrogens is 1. The van der Waals surface area contributed by atoms with E-state index in [2.05, 4.69) is 0 Å². The summed E-state index contributed by atoms with van der Waals surface area (Å²) in [5.74, 6) is 0. The van der Waals surface area contributed by atoms with Gasteiger partial charge in [0.2, 0.25) is 0 Å². The van der Waals surface area contributed by atoms with Gasteiger partial charge in [-0.15, -0.1) is 11.3 Å². The van der Waals surface area contributed by atoms with Crippen molar-refractivity contribution in [2.75, 3.05) is 6.26 Å². The third-order valence-corrected chi connectivity index (χ3v) is 5.93. The molecule has 1 aromatic heterocycles. The van der Waals surface area contributed by atoms with Crippen LogP contribution in [-0.4, -0.2) is 19.2 Å². The van der Waals surface area contributed by atoms with Crippen LogP contribution in [0.3, 0.4) is 0 Å². The monoisotopic (exact) mass is 381 g/mol. The molecular weight excluding hydrogens is 370 g/mol. The molecule has 3 aromatic rings. The van der Waals surface area contributed by atoms with E-state index in [0.717, 1.165) is 20.9 Å². The summed E-state index contributed by atoms with van der Waals surface area (Å²) in [6.45, 7) is 0. The molecule has 0 spiro atoms. The molecule has 0 aliphatic carbocycles.